The van der Waals surface area contributed by atoms with E-state index in [1.54, 1.807) is 31.4 Å². The number of oxime groups is 1. The Kier molecular flexibility index (Phi) is 6.70. The van der Waals surface area contributed by atoms with Crippen molar-refractivity contribution in [3.8, 4) is 5.75 Å². The average molecular weight is 267 g/mol. The van der Waals surface area contributed by atoms with Crippen LogP contribution in [0.3, 0.4) is 0 Å². The second-order valence-corrected chi connectivity index (χ2v) is 4.15. The summed E-state index contributed by atoms with van der Waals surface area (Å²) in [5.74, 6) is 0.848. The molecule has 0 bridgehead atoms. The second-order valence-electron chi connectivity index (χ2n) is 4.15. The van der Waals surface area contributed by atoms with Gasteiger partial charge in [-0.25, -0.2) is 0 Å². The van der Waals surface area contributed by atoms with Gasteiger partial charge in [0.2, 0.25) is 0 Å². The molecule has 0 radical (unpaired) electrons. The molecule has 0 amide bonds. The molecule has 19 heavy (non-hydrogen) atoms. The van der Waals surface area contributed by atoms with E-state index >= 15 is 0 Å². The summed E-state index contributed by atoms with van der Waals surface area (Å²) in [5, 5.41) is 11.5. The molecule has 6 nitrogen and oxygen atoms in total. The van der Waals surface area contributed by atoms with Crippen LogP contribution in [-0.4, -0.2) is 56.4 Å². The summed E-state index contributed by atoms with van der Waals surface area (Å²) in [4.78, 5) is 2.13. The lowest BCUT2D eigenvalue weighted by Crippen LogP contribution is -2.27. The smallest absolute Gasteiger partial charge is 0.170 e. The van der Waals surface area contributed by atoms with Crippen LogP contribution in [0.5, 0.6) is 5.75 Å². The summed E-state index contributed by atoms with van der Waals surface area (Å²) in [5.41, 5.74) is 6.13. The Balaban J connectivity index is 2.34. The van der Waals surface area contributed by atoms with Crippen LogP contribution in [0.15, 0.2) is 29.4 Å². The molecule has 106 valence electrons. The molecule has 0 aliphatic heterocycles. The Labute approximate surface area is 113 Å². The van der Waals surface area contributed by atoms with E-state index in [4.69, 9.17) is 20.4 Å². The Morgan fingerprint density at radius 1 is 1.26 bits per heavy atom. The van der Waals surface area contributed by atoms with Crippen molar-refractivity contribution >= 4 is 5.84 Å². The zero-order chi connectivity index (χ0) is 14.1. The molecule has 1 aromatic rings. The third-order valence-corrected chi connectivity index (χ3v) is 2.68. The van der Waals surface area contributed by atoms with Gasteiger partial charge < -0.3 is 25.3 Å². The number of rotatable bonds is 8. The largest absolute Gasteiger partial charge is 0.492 e. The molecule has 6 heteroatoms. The molecule has 0 fully saturated rings. The van der Waals surface area contributed by atoms with Gasteiger partial charge in [0.1, 0.15) is 12.4 Å². The number of hydrogen-bond donors (Lipinski definition) is 2. The minimum atomic E-state index is 0.0887. The van der Waals surface area contributed by atoms with Crippen molar-refractivity contribution in [2.45, 2.75) is 0 Å². The molecule has 0 saturated heterocycles. The third-order valence-electron chi connectivity index (χ3n) is 2.68. The highest BCUT2D eigenvalue weighted by atomic mass is 16.5. The summed E-state index contributed by atoms with van der Waals surface area (Å²) >= 11 is 0. The van der Waals surface area contributed by atoms with Gasteiger partial charge in [-0.05, 0) is 31.3 Å². The maximum absolute atomic E-state index is 8.55. The van der Waals surface area contributed by atoms with Gasteiger partial charge >= 0.3 is 0 Å². The van der Waals surface area contributed by atoms with Crippen LogP contribution in [0.25, 0.3) is 0 Å². The zero-order valence-electron chi connectivity index (χ0n) is 11.4. The van der Waals surface area contributed by atoms with Crippen LogP contribution >= 0.6 is 0 Å². The Morgan fingerprint density at radius 3 is 2.47 bits per heavy atom. The van der Waals surface area contributed by atoms with Crippen LogP contribution in [0.4, 0.5) is 0 Å². The van der Waals surface area contributed by atoms with Gasteiger partial charge in [-0.3, -0.25) is 0 Å². The van der Waals surface area contributed by atoms with Crippen molar-refractivity contribution in [1.82, 2.24) is 4.90 Å². The van der Waals surface area contributed by atoms with Gasteiger partial charge in [-0.1, -0.05) is 5.16 Å². The summed E-state index contributed by atoms with van der Waals surface area (Å²) < 4.78 is 10.6. The number of amidine groups is 1. The van der Waals surface area contributed by atoms with E-state index in [-0.39, 0.29) is 5.84 Å². The van der Waals surface area contributed by atoms with Crippen molar-refractivity contribution in [2.24, 2.45) is 10.9 Å². The van der Waals surface area contributed by atoms with Crippen LogP contribution in [0.2, 0.25) is 0 Å². The highest BCUT2D eigenvalue weighted by molar-refractivity contribution is 5.97. The molecule has 1 aromatic carbocycles. The van der Waals surface area contributed by atoms with E-state index in [0.717, 1.165) is 18.8 Å². The van der Waals surface area contributed by atoms with Crippen molar-refractivity contribution < 1.29 is 14.7 Å². The van der Waals surface area contributed by atoms with Crippen LogP contribution in [0, 0.1) is 0 Å². The summed E-state index contributed by atoms with van der Waals surface area (Å²) in [6.45, 7) is 3.02. The molecule has 0 saturated carbocycles. The van der Waals surface area contributed by atoms with Crippen molar-refractivity contribution in [2.75, 3.05) is 40.5 Å². The Bertz CT molecular complexity index is 393. The predicted octanol–water partition coefficient (Wildman–Crippen LogP) is 0.738. The van der Waals surface area contributed by atoms with Crippen molar-refractivity contribution in [1.29, 1.82) is 0 Å². The molecule has 0 spiro atoms. The summed E-state index contributed by atoms with van der Waals surface area (Å²) in [6, 6.07) is 7.09. The first-order chi connectivity index (χ1) is 9.17. The first-order valence-corrected chi connectivity index (χ1v) is 6.05. The fourth-order valence-corrected chi connectivity index (χ4v) is 1.46. The maximum atomic E-state index is 8.55. The quantitative estimate of drug-likeness (QED) is 0.314. The van der Waals surface area contributed by atoms with E-state index in [1.807, 2.05) is 7.05 Å². The number of likely N-dealkylation sites (N-methyl/N-ethyl adjacent to an activating group) is 1. The van der Waals surface area contributed by atoms with Crippen LogP contribution < -0.4 is 10.5 Å². The molecule has 1 rings (SSSR count). The lowest BCUT2D eigenvalue weighted by atomic mass is 10.2. The topological polar surface area (TPSA) is 80.3 Å². The molecular formula is C13H21N3O3. The standard InChI is InChI=1S/C13H21N3O3/c1-16(7-9-18-2)8-10-19-12-5-3-11(4-6-12)13(14)15-17/h3-6,17H,7-10H2,1-2H3,(H2,14,15). The lowest BCUT2D eigenvalue weighted by molar-refractivity contribution is 0.150. The number of nitrogens with zero attached hydrogens (tertiary/aromatic N) is 2. The molecule has 0 heterocycles. The Hall–Kier alpha value is -1.79. The minimum absolute atomic E-state index is 0.0887. The second kappa shape index (κ2) is 8.34. The first kappa shape index (κ1) is 15.3. The first-order valence-electron chi connectivity index (χ1n) is 6.05. The number of benzene rings is 1. The highest BCUT2D eigenvalue weighted by Gasteiger charge is 2.01. The molecular weight excluding hydrogens is 246 g/mol. The van der Waals surface area contributed by atoms with Gasteiger partial charge in [-0.2, -0.15) is 0 Å². The van der Waals surface area contributed by atoms with Crippen molar-refractivity contribution in [3.63, 3.8) is 0 Å². The molecule has 0 aliphatic carbocycles. The fraction of sp³-hybridized carbons (Fsp3) is 0.462. The molecule has 0 unspecified atom stereocenters. The van der Waals surface area contributed by atoms with Gasteiger partial charge in [-0.15, -0.1) is 0 Å². The average Bonchev–Trinajstić information content (AvgIpc) is 2.45. The van der Waals surface area contributed by atoms with Gasteiger partial charge in [0.05, 0.1) is 6.61 Å². The predicted molar refractivity (Wildman–Crippen MR) is 73.8 cm³/mol. The number of hydrogen-bond acceptors (Lipinski definition) is 5. The van der Waals surface area contributed by atoms with E-state index in [0.29, 0.717) is 18.8 Å². The van der Waals surface area contributed by atoms with E-state index in [1.165, 1.54) is 0 Å². The van der Waals surface area contributed by atoms with Crippen LogP contribution in [-0.2, 0) is 4.74 Å². The monoisotopic (exact) mass is 267 g/mol. The van der Waals surface area contributed by atoms with E-state index in [2.05, 4.69) is 10.1 Å². The van der Waals surface area contributed by atoms with Gasteiger partial charge in [0, 0.05) is 25.8 Å². The molecule has 0 aromatic heterocycles. The highest BCUT2D eigenvalue weighted by Crippen LogP contribution is 2.11. The van der Waals surface area contributed by atoms with E-state index < -0.39 is 0 Å². The molecule has 0 aliphatic rings. The molecule has 0 atom stereocenters. The van der Waals surface area contributed by atoms with Crippen molar-refractivity contribution in [3.05, 3.63) is 29.8 Å². The number of nitrogens with two attached hydrogens (primary N) is 1. The summed E-state index contributed by atoms with van der Waals surface area (Å²) in [6.07, 6.45) is 0. The zero-order valence-corrected chi connectivity index (χ0v) is 11.4. The maximum Gasteiger partial charge on any atom is 0.170 e. The van der Waals surface area contributed by atoms with Crippen LogP contribution in [0.1, 0.15) is 5.56 Å². The van der Waals surface area contributed by atoms with Gasteiger partial charge in [0.15, 0.2) is 5.84 Å². The normalized spacial score (nSPS) is 11.8. The SMILES string of the molecule is COCCN(C)CCOc1ccc(C(N)=NO)cc1. The summed E-state index contributed by atoms with van der Waals surface area (Å²) in [7, 11) is 3.71. The lowest BCUT2D eigenvalue weighted by Gasteiger charge is -2.16. The minimum Gasteiger partial charge on any atom is -0.492 e. The Morgan fingerprint density at radius 2 is 1.89 bits per heavy atom. The third kappa shape index (κ3) is 5.58. The fourth-order valence-electron chi connectivity index (χ4n) is 1.46. The van der Waals surface area contributed by atoms with Gasteiger partial charge in [0.25, 0.3) is 0 Å². The number of methoxy groups -OCH3 is 1. The molecule has 3 N–H and O–H groups in total. The van der Waals surface area contributed by atoms with E-state index in [9.17, 15) is 0 Å². The number of ether oxygens (including phenoxy) is 2.